The fraction of sp³-hybridized carbons (Fsp3) is 0.700. The van der Waals surface area contributed by atoms with E-state index in [4.69, 9.17) is 5.11 Å². The summed E-state index contributed by atoms with van der Waals surface area (Å²) in [5.41, 5.74) is 0. The number of carboxylic acid groups (broad SMARTS) is 1. The van der Waals surface area contributed by atoms with Gasteiger partial charge < -0.3 is 15.2 Å². The zero-order valence-corrected chi connectivity index (χ0v) is 11.0. The maximum atomic E-state index is 11.2. The van der Waals surface area contributed by atoms with E-state index in [-0.39, 0.29) is 18.8 Å². The van der Waals surface area contributed by atoms with E-state index in [1.54, 1.807) is 0 Å². The summed E-state index contributed by atoms with van der Waals surface area (Å²) in [5.74, 6) is -1.46. The van der Waals surface area contributed by atoms with Crippen molar-refractivity contribution in [1.29, 1.82) is 0 Å². The van der Waals surface area contributed by atoms with Crippen LogP contribution in [0.2, 0.25) is 0 Å². The number of carboxylic acids is 1. The lowest BCUT2D eigenvalue weighted by Gasteiger charge is -2.13. The lowest BCUT2D eigenvalue weighted by molar-refractivity contribution is -0.139. The highest BCUT2D eigenvalue weighted by molar-refractivity contribution is 7.90. The summed E-state index contributed by atoms with van der Waals surface area (Å²) in [6, 6.07) is -1.04. The van der Waals surface area contributed by atoms with Crippen LogP contribution in [0.5, 0.6) is 0 Å². The molecule has 2 N–H and O–H groups in total. The first kappa shape index (κ1) is 16.7. The summed E-state index contributed by atoms with van der Waals surface area (Å²) in [6.45, 7) is 3.27. The molecule has 0 fully saturated rings. The molecule has 1 unspecified atom stereocenters. The SMILES string of the molecule is [CH2]CCCC(NC(=O)OCCS(C)(=O)=O)C(=O)O. The molecule has 0 aliphatic carbocycles. The number of amides is 1. The van der Waals surface area contributed by atoms with Gasteiger partial charge in [-0.3, -0.25) is 0 Å². The highest BCUT2D eigenvalue weighted by Crippen LogP contribution is 2.01. The molecule has 0 spiro atoms. The first-order valence-electron chi connectivity index (χ1n) is 5.39. The maximum absolute atomic E-state index is 11.2. The van der Waals surface area contributed by atoms with Gasteiger partial charge in [0.1, 0.15) is 12.6 Å². The van der Waals surface area contributed by atoms with Gasteiger partial charge in [-0.25, -0.2) is 18.0 Å². The Morgan fingerprint density at radius 1 is 1.44 bits per heavy atom. The molecule has 1 atom stereocenters. The third kappa shape index (κ3) is 8.80. The van der Waals surface area contributed by atoms with E-state index in [2.05, 4.69) is 17.0 Å². The van der Waals surface area contributed by atoms with E-state index in [0.29, 0.717) is 12.8 Å². The average molecular weight is 280 g/mol. The number of hydrogen-bond acceptors (Lipinski definition) is 5. The van der Waals surface area contributed by atoms with Crippen LogP contribution in [0.3, 0.4) is 0 Å². The first-order chi connectivity index (χ1) is 8.26. The van der Waals surface area contributed by atoms with Crippen molar-refractivity contribution < 1.29 is 27.9 Å². The van der Waals surface area contributed by atoms with Gasteiger partial charge in [0, 0.05) is 6.26 Å². The summed E-state index contributed by atoms with van der Waals surface area (Å²) in [7, 11) is -3.21. The Balaban J connectivity index is 4.06. The van der Waals surface area contributed by atoms with Crippen molar-refractivity contribution in [2.75, 3.05) is 18.6 Å². The van der Waals surface area contributed by atoms with Crippen LogP contribution < -0.4 is 5.32 Å². The van der Waals surface area contributed by atoms with Gasteiger partial charge in [-0.05, 0) is 6.42 Å². The fourth-order valence-electron chi connectivity index (χ4n) is 1.08. The molecular weight excluding hydrogens is 262 g/mol. The van der Waals surface area contributed by atoms with Crippen LogP contribution in [0.25, 0.3) is 0 Å². The van der Waals surface area contributed by atoms with Gasteiger partial charge >= 0.3 is 12.1 Å². The predicted molar refractivity (Wildman–Crippen MR) is 64.8 cm³/mol. The van der Waals surface area contributed by atoms with Crippen LogP contribution in [-0.2, 0) is 19.4 Å². The minimum absolute atomic E-state index is 0.250. The number of carbonyl (C=O) groups excluding carboxylic acids is 1. The number of sulfone groups is 1. The van der Waals surface area contributed by atoms with Crippen molar-refractivity contribution in [3.63, 3.8) is 0 Å². The standard InChI is InChI=1S/C10H18NO6S/c1-3-4-5-8(9(12)13)11-10(14)17-6-7-18(2,15)16/h8H,1,3-7H2,2H3,(H,11,14)(H,12,13). The van der Waals surface area contributed by atoms with Crippen LogP contribution >= 0.6 is 0 Å². The smallest absolute Gasteiger partial charge is 0.407 e. The van der Waals surface area contributed by atoms with Crippen molar-refractivity contribution in [3.05, 3.63) is 6.92 Å². The van der Waals surface area contributed by atoms with Crippen LogP contribution in [0, 0.1) is 6.92 Å². The summed E-state index contributed by atoms with van der Waals surface area (Å²) in [6.07, 6.45) is 1.45. The molecule has 105 valence electrons. The van der Waals surface area contributed by atoms with Gasteiger partial charge in [0.05, 0.1) is 5.75 Å². The van der Waals surface area contributed by atoms with E-state index in [1.165, 1.54) is 0 Å². The quantitative estimate of drug-likeness (QED) is 0.658. The number of rotatable bonds is 8. The van der Waals surface area contributed by atoms with Crippen molar-refractivity contribution in [3.8, 4) is 0 Å². The fourth-order valence-corrected chi connectivity index (χ4v) is 1.46. The Hall–Kier alpha value is -1.31. The largest absolute Gasteiger partial charge is 0.480 e. The second-order valence-electron chi connectivity index (χ2n) is 3.80. The van der Waals surface area contributed by atoms with E-state index < -0.39 is 27.9 Å². The molecule has 0 aliphatic rings. The third-order valence-electron chi connectivity index (χ3n) is 2.02. The van der Waals surface area contributed by atoms with Gasteiger partial charge in [0.2, 0.25) is 0 Å². The number of nitrogens with one attached hydrogen (secondary N) is 1. The van der Waals surface area contributed by atoms with Gasteiger partial charge in [-0.2, -0.15) is 0 Å². The number of carbonyl (C=O) groups is 2. The lowest BCUT2D eigenvalue weighted by Crippen LogP contribution is -2.41. The normalized spacial score (nSPS) is 12.8. The molecule has 0 aromatic heterocycles. The van der Waals surface area contributed by atoms with Gasteiger partial charge in [0.25, 0.3) is 0 Å². The van der Waals surface area contributed by atoms with E-state index in [9.17, 15) is 18.0 Å². The molecular formula is C10H18NO6S. The Kier molecular flexibility index (Phi) is 7.33. The Bertz CT molecular complexity index is 378. The molecule has 1 radical (unpaired) electrons. The number of hydrogen-bond donors (Lipinski definition) is 2. The van der Waals surface area contributed by atoms with Crippen LogP contribution in [-0.4, -0.2) is 50.2 Å². The average Bonchev–Trinajstić information content (AvgIpc) is 2.21. The molecule has 1 amide bonds. The molecule has 0 saturated carbocycles. The van der Waals surface area contributed by atoms with Gasteiger partial charge in [-0.15, -0.1) is 0 Å². The summed E-state index contributed by atoms with van der Waals surface area (Å²) in [5, 5.41) is 11.0. The molecule has 0 aliphatic heterocycles. The first-order valence-corrected chi connectivity index (χ1v) is 7.45. The van der Waals surface area contributed by atoms with E-state index in [1.807, 2.05) is 0 Å². The van der Waals surface area contributed by atoms with Crippen LogP contribution in [0.4, 0.5) is 4.79 Å². The van der Waals surface area contributed by atoms with Gasteiger partial charge in [-0.1, -0.05) is 19.8 Å². The minimum Gasteiger partial charge on any atom is -0.480 e. The van der Waals surface area contributed by atoms with Crippen LogP contribution in [0.1, 0.15) is 19.3 Å². The highest BCUT2D eigenvalue weighted by Gasteiger charge is 2.19. The summed E-state index contributed by atoms with van der Waals surface area (Å²) < 4.78 is 26.1. The third-order valence-corrected chi connectivity index (χ3v) is 2.93. The van der Waals surface area contributed by atoms with Crippen molar-refractivity contribution >= 4 is 21.9 Å². The molecule has 18 heavy (non-hydrogen) atoms. The second kappa shape index (κ2) is 7.91. The van der Waals surface area contributed by atoms with Crippen molar-refractivity contribution in [2.24, 2.45) is 0 Å². The number of unbranched alkanes of at least 4 members (excludes halogenated alkanes) is 1. The summed E-state index contributed by atoms with van der Waals surface area (Å²) >= 11 is 0. The zero-order valence-electron chi connectivity index (χ0n) is 10.2. The molecule has 0 heterocycles. The van der Waals surface area contributed by atoms with Crippen LogP contribution in [0.15, 0.2) is 0 Å². The molecule has 0 aromatic rings. The van der Waals surface area contributed by atoms with E-state index in [0.717, 1.165) is 6.26 Å². The van der Waals surface area contributed by atoms with E-state index >= 15 is 0 Å². The molecule has 0 aromatic carbocycles. The second-order valence-corrected chi connectivity index (χ2v) is 6.06. The van der Waals surface area contributed by atoms with Crippen molar-refractivity contribution in [2.45, 2.75) is 25.3 Å². The Morgan fingerprint density at radius 3 is 2.50 bits per heavy atom. The molecule has 8 heteroatoms. The molecule has 0 rings (SSSR count). The number of ether oxygens (including phenoxy) is 1. The topological polar surface area (TPSA) is 110 Å². The molecule has 7 nitrogen and oxygen atoms in total. The lowest BCUT2D eigenvalue weighted by atomic mass is 10.1. The minimum atomic E-state index is -3.21. The Morgan fingerprint density at radius 2 is 2.06 bits per heavy atom. The maximum Gasteiger partial charge on any atom is 0.407 e. The highest BCUT2D eigenvalue weighted by atomic mass is 32.2. The molecule has 0 bridgehead atoms. The zero-order chi connectivity index (χ0) is 14.2. The molecule has 0 saturated heterocycles. The monoisotopic (exact) mass is 280 g/mol. The Labute approximate surface area is 106 Å². The number of aliphatic carboxylic acids is 1. The predicted octanol–water partition coefficient (Wildman–Crippen LogP) is 0.215. The summed E-state index contributed by atoms with van der Waals surface area (Å²) in [4.78, 5) is 22.0. The van der Waals surface area contributed by atoms with Crippen molar-refractivity contribution in [1.82, 2.24) is 5.32 Å². The van der Waals surface area contributed by atoms with Gasteiger partial charge in [0.15, 0.2) is 9.84 Å². The number of alkyl carbamates (subject to hydrolysis) is 1.